The number of rotatable bonds is 3. The average Bonchev–Trinajstić information content (AvgIpc) is 3.26. The molecule has 0 unspecified atom stereocenters. The first kappa shape index (κ1) is 18.6. The molecule has 0 atom stereocenters. The third-order valence-corrected chi connectivity index (χ3v) is 5.96. The quantitative estimate of drug-likeness (QED) is 0.480. The Balaban J connectivity index is 1.25. The molecule has 6 heteroatoms. The maximum atomic E-state index is 4.75. The summed E-state index contributed by atoms with van der Waals surface area (Å²) in [6, 6.07) is 14.4. The molecule has 0 aliphatic carbocycles. The van der Waals surface area contributed by atoms with E-state index in [2.05, 4.69) is 43.8 Å². The number of thiophene rings is 1. The van der Waals surface area contributed by atoms with Gasteiger partial charge in [-0.25, -0.2) is 19.9 Å². The van der Waals surface area contributed by atoms with Crippen LogP contribution in [0, 0.1) is 11.8 Å². The van der Waals surface area contributed by atoms with Crippen molar-refractivity contribution >= 4 is 11.3 Å². The summed E-state index contributed by atoms with van der Waals surface area (Å²) in [4.78, 5) is 22.3. The van der Waals surface area contributed by atoms with E-state index in [4.69, 9.17) is 4.98 Å². The van der Waals surface area contributed by atoms with Crippen LogP contribution in [0.3, 0.4) is 0 Å². The molecule has 0 bridgehead atoms. The second-order valence-corrected chi connectivity index (χ2v) is 8.30. The van der Waals surface area contributed by atoms with Gasteiger partial charge in [-0.15, -0.1) is 11.3 Å². The van der Waals surface area contributed by atoms with E-state index in [0.717, 1.165) is 47.8 Å². The van der Waals surface area contributed by atoms with Crippen molar-refractivity contribution in [2.24, 2.45) is 0 Å². The SMILES string of the molecule is C(#Cc1ccc(CN2CCc3nc(-c4cncnc4)ncc3C2)s1)c1ccccc1. The summed E-state index contributed by atoms with van der Waals surface area (Å²) >= 11 is 1.77. The Morgan fingerprint density at radius 3 is 2.70 bits per heavy atom. The fourth-order valence-corrected chi connectivity index (χ4v) is 4.37. The minimum absolute atomic E-state index is 0.697. The van der Waals surface area contributed by atoms with Crippen molar-refractivity contribution in [3.05, 3.63) is 94.0 Å². The normalized spacial score (nSPS) is 13.3. The Labute approximate surface area is 179 Å². The lowest BCUT2D eigenvalue weighted by Crippen LogP contribution is -2.30. The Morgan fingerprint density at radius 1 is 0.967 bits per heavy atom. The van der Waals surface area contributed by atoms with Crippen LogP contribution in [0.2, 0.25) is 0 Å². The summed E-state index contributed by atoms with van der Waals surface area (Å²) in [6.07, 6.45) is 7.88. The lowest BCUT2D eigenvalue weighted by Gasteiger charge is -2.27. The number of hydrogen-bond donors (Lipinski definition) is 0. The van der Waals surface area contributed by atoms with Gasteiger partial charge in [-0.3, -0.25) is 4.90 Å². The predicted octanol–water partition coefficient (Wildman–Crippen LogP) is 3.95. The van der Waals surface area contributed by atoms with Gasteiger partial charge in [0, 0.05) is 60.6 Å². The van der Waals surface area contributed by atoms with E-state index in [1.54, 1.807) is 23.7 Å². The summed E-state index contributed by atoms with van der Waals surface area (Å²) in [7, 11) is 0. The summed E-state index contributed by atoms with van der Waals surface area (Å²) in [6.45, 7) is 2.77. The van der Waals surface area contributed by atoms with Gasteiger partial charge in [0.1, 0.15) is 6.33 Å². The van der Waals surface area contributed by atoms with E-state index in [1.807, 2.05) is 36.5 Å². The smallest absolute Gasteiger partial charge is 0.162 e. The van der Waals surface area contributed by atoms with Crippen molar-refractivity contribution in [3.63, 3.8) is 0 Å². The largest absolute Gasteiger partial charge is 0.293 e. The minimum atomic E-state index is 0.697. The zero-order valence-corrected chi connectivity index (χ0v) is 17.1. The van der Waals surface area contributed by atoms with Crippen molar-refractivity contribution in [2.45, 2.75) is 19.5 Å². The molecule has 1 aliphatic heterocycles. The van der Waals surface area contributed by atoms with Crippen LogP contribution in [0.1, 0.15) is 26.6 Å². The van der Waals surface area contributed by atoms with Gasteiger partial charge >= 0.3 is 0 Å². The molecule has 0 spiro atoms. The molecule has 3 aromatic heterocycles. The van der Waals surface area contributed by atoms with Crippen LogP contribution in [-0.4, -0.2) is 31.4 Å². The monoisotopic (exact) mass is 409 g/mol. The maximum Gasteiger partial charge on any atom is 0.162 e. The fourth-order valence-electron chi connectivity index (χ4n) is 3.47. The van der Waals surface area contributed by atoms with Crippen LogP contribution in [0.5, 0.6) is 0 Å². The Kier molecular flexibility index (Phi) is 5.30. The predicted molar refractivity (Wildman–Crippen MR) is 118 cm³/mol. The molecule has 0 N–H and O–H groups in total. The van der Waals surface area contributed by atoms with E-state index >= 15 is 0 Å². The van der Waals surface area contributed by atoms with Gasteiger partial charge in [0.05, 0.1) is 16.1 Å². The maximum absolute atomic E-state index is 4.75. The molecule has 4 aromatic rings. The van der Waals surface area contributed by atoms with Crippen LogP contribution in [0.4, 0.5) is 0 Å². The summed E-state index contributed by atoms with van der Waals surface area (Å²) in [5, 5.41) is 0. The van der Waals surface area contributed by atoms with Crippen LogP contribution in [-0.2, 0) is 19.5 Å². The molecule has 30 heavy (non-hydrogen) atoms. The lowest BCUT2D eigenvalue weighted by atomic mass is 10.1. The van der Waals surface area contributed by atoms with Gasteiger partial charge in [0.15, 0.2) is 5.82 Å². The molecule has 5 nitrogen and oxygen atoms in total. The van der Waals surface area contributed by atoms with Crippen molar-refractivity contribution < 1.29 is 0 Å². The number of hydrogen-bond acceptors (Lipinski definition) is 6. The Morgan fingerprint density at radius 2 is 1.83 bits per heavy atom. The lowest BCUT2D eigenvalue weighted by molar-refractivity contribution is 0.245. The van der Waals surface area contributed by atoms with Crippen molar-refractivity contribution in [1.82, 2.24) is 24.8 Å². The number of fused-ring (bicyclic) bond motifs is 1. The highest BCUT2D eigenvalue weighted by molar-refractivity contribution is 7.12. The summed E-state index contributed by atoms with van der Waals surface area (Å²) < 4.78 is 0. The molecule has 1 aliphatic rings. The second-order valence-electron chi connectivity index (χ2n) is 7.14. The standard InChI is InChI=1S/C24H19N5S/c1-2-4-18(5-3-1)6-7-21-8-9-22(30-21)16-29-11-10-23-20(15-29)14-27-24(28-23)19-12-25-17-26-13-19/h1-5,8-9,12-14,17H,10-11,15-16H2. The molecule has 5 rings (SSSR count). The fraction of sp³-hybridized carbons (Fsp3) is 0.167. The highest BCUT2D eigenvalue weighted by Gasteiger charge is 2.19. The van der Waals surface area contributed by atoms with Gasteiger partial charge in [-0.05, 0) is 24.3 Å². The van der Waals surface area contributed by atoms with Crippen LogP contribution >= 0.6 is 11.3 Å². The topological polar surface area (TPSA) is 54.8 Å². The summed E-state index contributed by atoms with van der Waals surface area (Å²) in [5.74, 6) is 7.20. The van der Waals surface area contributed by atoms with Crippen molar-refractivity contribution in [2.75, 3.05) is 6.54 Å². The molecule has 0 saturated heterocycles. The van der Waals surface area contributed by atoms with Gasteiger partial charge in [-0.2, -0.15) is 0 Å². The second kappa shape index (κ2) is 8.54. The van der Waals surface area contributed by atoms with E-state index in [0.29, 0.717) is 5.82 Å². The van der Waals surface area contributed by atoms with Crippen molar-refractivity contribution in [1.29, 1.82) is 0 Å². The third kappa shape index (κ3) is 4.28. The molecule has 0 saturated carbocycles. The molecular formula is C24H19N5S. The summed E-state index contributed by atoms with van der Waals surface area (Å²) in [5.41, 5.74) is 4.22. The van der Waals surface area contributed by atoms with E-state index < -0.39 is 0 Å². The number of nitrogens with zero attached hydrogens (tertiary/aromatic N) is 5. The third-order valence-electron chi connectivity index (χ3n) is 4.98. The number of aromatic nitrogens is 4. The first-order valence-electron chi connectivity index (χ1n) is 9.82. The van der Waals surface area contributed by atoms with Crippen molar-refractivity contribution in [3.8, 4) is 23.2 Å². The van der Waals surface area contributed by atoms with Gasteiger partial charge < -0.3 is 0 Å². The number of benzene rings is 1. The highest BCUT2D eigenvalue weighted by atomic mass is 32.1. The first-order chi connectivity index (χ1) is 14.8. The van der Waals surface area contributed by atoms with Gasteiger partial charge in [0.2, 0.25) is 0 Å². The molecule has 0 radical (unpaired) electrons. The Hall–Kier alpha value is -3.40. The van der Waals surface area contributed by atoms with Gasteiger partial charge in [-0.1, -0.05) is 30.0 Å². The van der Waals surface area contributed by atoms with Crippen LogP contribution in [0.15, 0.2) is 67.4 Å². The Bertz CT molecular complexity index is 1210. The van der Waals surface area contributed by atoms with E-state index in [1.165, 1.54) is 16.8 Å². The zero-order valence-electron chi connectivity index (χ0n) is 16.3. The van der Waals surface area contributed by atoms with Crippen LogP contribution in [0.25, 0.3) is 11.4 Å². The molecule has 0 amide bonds. The molecule has 1 aromatic carbocycles. The molecule has 4 heterocycles. The van der Waals surface area contributed by atoms with E-state index in [-0.39, 0.29) is 0 Å². The molecular weight excluding hydrogens is 390 g/mol. The highest BCUT2D eigenvalue weighted by Crippen LogP contribution is 2.24. The van der Waals surface area contributed by atoms with Crippen LogP contribution < -0.4 is 0 Å². The average molecular weight is 410 g/mol. The minimum Gasteiger partial charge on any atom is -0.293 e. The zero-order chi connectivity index (χ0) is 20.2. The van der Waals surface area contributed by atoms with E-state index in [9.17, 15) is 0 Å². The first-order valence-corrected chi connectivity index (χ1v) is 10.6. The molecule has 0 fully saturated rings. The van der Waals surface area contributed by atoms with Gasteiger partial charge in [0.25, 0.3) is 0 Å². The molecule has 146 valence electrons.